The topological polar surface area (TPSA) is 167 Å². The summed E-state index contributed by atoms with van der Waals surface area (Å²) in [6.07, 6.45) is 3.31. The van der Waals surface area contributed by atoms with Crippen LogP contribution in [-0.4, -0.2) is 96.1 Å². The van der Waals surface area contributed by atoms with Gasteiger partial charge in [-0.3, -0.25) is 14.5 Å². The summed E-state index contributed by atoms with van der Waals surface area (Å²) in [4.78, 5) is 39.9. The molecule has 6 heterocycles. The lowest BCUT2D eigenvalue weighted by molar-refractivity contribution is -0.141. The van der Waals surface area contributed by atoms with Crippen LogP contribution in [0.4, 0.5) is 0 Å². The monoisotopic (exact) mass is 875 g/mol. The van der Waals surface area contributed by atoms with E-state index in [9.17, 15) is 19.8 Å². The van der Waals surface area contributed by atoms with E-state index in [4.69, 9.17) is 9.26 Å². The van der Waals surface area contributed by atoms with Crippen LogP contribution in [0.15, 0.2) is 70.7 Å². The zero-order valence-electron chi connectivity index (χ0n) is 35.7. The SMILES string of the molecule is Cc1ncsc1-c1ccc(C(C)NC(=O)[C@@H]2C[C@@H](O)CN2C(=O)C(c2cc(O[C@@H]3CC[C@@H]3N3CCC(c4sc5nnc(-c6ccccc6O)cc5c4C)CC3)no2)C(C)C)cc1. The number of para-hydroxylation sites is 1. The standard InChI is InChI=1S/C47H53N7O6S2/c1-25(2)42(47(58)54-23-32(55)20-37(54)45(57)49-27(4)29-10-12-30(13-11-29)44-28(5)48-24-61-44)40-22-41(52-60-40)59-39-15-14-36(39)53-18-16-31(17-19-53)43-26(3)34-21-35(50-51-46(34)62-43)33-8-6-7-9-38(33)56/h6-13,21-22,24-25,27,31-32,36-37,39,42,55-56H,14-20,23H2,1-5H3,(H,49,57)/t27?,32-,36+,37+,39-,42?/m1/s1. The molecule has 2 unspecified atom stereocenters. The quantitative estimate of drug-likeness (QED) is 0.109. The molecule has 1 saturated carbocycles. The van der Waals surface area contributed by atoms with Gasteiger partial charge >= 0.3 is 0 Å². The number of ether oxygens (including phenoxy) is 1. The minimum atomic E-state index is -0.821. The maximum absolute atomic E-state index is 14.3. The first kappa shape index (κ1) is 42.1. The van der Waals surface area contributed by atoms with Crippen molar-refractivity contribution < 1.29 is 29.1 Å². The number of aromatic hydroxyl groups is 1. The molecule has 3 aliphatic rings. The van der Waals surface area contributed by atoms with E-state index in [-0.39, 0.29) is 54.6 Å². The van der Waals surface area contributed by atoms with Crippen molar-refractivity contribution in [1.82, 2.24) is 35.5 Å². The molecule has 0 spiro atoms. The Morgan fingerprint density at radius 2 is 1.76 bits per heavy atom. The van der Waals surface area contributed by atoms with Gasteiger partial charge in [-0.1, -0.05) is 50.2 Å². The first-order valence-electron chi connectivity index (χ1n) is 21.6. The van der Waals surface area contributed by atoms with Crippen LogP contribution >= 0.6 is 22.7 Å². The van der Waals surface area contributed by atoms with E-state index >= 15 is 0 Å². The number of piperidine rings is 1. The molecule has 3 N–H and O–H groups in total. The number of aryl methyl sites for hydroxylation is 2. The number of nitrogens with zero attached hydrogens (tertiary/aromatic N) is 6. The largest absolute Gasteiger partial charge is 0.507 e. The lowest BCUT2D eigenvalue weighted by atomic mass is 9.84. The van der Waals surface area contributed by atoms with E-state index in [0.717, 1.165) is 70.7 Å². The second kappa shape index (κ2) is 17.5. The van der Waals surface area contributed by atoms with E-state index in [1.54, 1.807) is 40.9 Å². The van der Waals surface area contributed by atoms with Gasteiger partial charge in [0.2, 0.25) is 11.8 Å². The van der Waals surface area contributed by atoms with E-state index in [1.807, 2.05) is 75.7 Å². The molecule has 0 radical (unpaired) electrons. The number of fused-ring (bicyclic) bond motifs is 1. The number of thiazole rings is 1. The summed E-state index contributed by atoms with van der Waals surface area (Å²) in [5.74, 6) is -0.0904. The molecule has 2 saturated heterocycles. The molecule has 4 aromatic heterocycles. The van der Waals surface area contributed by atoms with Gasteiger partial charge in [-0.15, -0.1) is 32.9 Å². The van der Waals surface area contributed by atoms with Crippen LogP contribution in [0.3, 0.4) is 0 Å². The first-order valence-corrected chi connectivity index (χ1v) is 23.3. The highest BCUT2D eigenvalue weighted by atomic mass is 32.1. The van der Waals surface area contributed by atoms with Gasteiger partial charge < -0.3 is 29.7 Å². The molecule has 2 aliphatic heterocycles. The van der Waals surface area contributed by atoms with Crippen LogP contribution in [0.1, 0.15) is 98.2 Å². The van der Waals surface area contributed by atoms with Crippen molar-refractivity contribution in [3.05, 3.63) is 93.6 Å². The molecule has 6 atom stereocenters. The third kappa shape index (κ3) is 8.23. The highest BCUT2D eigenvalue weighted by molar-refractivity contribution is 7.19. The molecule has 9 rings (SSSR count). The van der Waals surface area contributed by atoms with Crippen molar-refractivity contribution >= 4 is 44.7 Å². The van der Waals surface area contributed by atoms with Crippen molar-refractivity contribution in [2.75, 3.05) is 19.6 Å². The molecule has 3 fully saturated rings. The molecule has 324 valence electrons. The second-order valence-electron chi connectivity index (χ2n) is 17.5. The Morgan fingerprint density at radius 1 is 0.984 bits per heavy atom. The van der Waals surface area contributed by atoms with Gasteiger partial charge in [-0.05, 0) is 111 Å². The van der Waals surface area contributed by atoms with Crippen LogP contribution in [0, 0.1) is 19.8 Å². The molecule has 2 aromatic carbocycles. The molecule has 13 nitrogen and oxygen atoms in total. The van der Waals surface area contributed by atoms with Crippen LogP contribution in [-0.2, 0) is 9.59 Å². The number of nitrogens with one attached hydrogen (secondary N) is 1. The number of carbonyl (C=O) groups is 2. The predicted octanol–water partition coefficient (Wildman–Crippen LogP) is 8.16. The number of likely N-dealkylation sites (tertiary alicyclic amines) is 2. The Bertz CT molecular complexity index is 2560. The molecular weight excluding hydrogens is 823 g/mol. The smallest absolute Gasteiger partial charge is 0.254 e. The summed E-state index contributed by atoms with van der Waals surface area (Å²) in [5, 5.41) is 38.6. The molecule has 0 bridgehead atoms. The number of amides is 2. The number of phenols is 1. The van der Waals surface area contributed by atoms with E-state index in [1.165, 1.54) is 15.3 Å². The van der Waals surface area contributed by atoms with Crippen LogP contribution < -0.4 is 10.1 Å². The molecule has 6 aromatic rings. The number of hydrogen-bond acceptors (Lipinski definition) is 13. The lowest BCUT2D eigenvalue weighted by Crippen LogP contribution is -2.55. The van der Waals surface area contributed by atoms with Gasteiger partial charge in [0.05, 0.1) is 33.9 Å². The van der Waals surface area contributed by atoms with Crippen molar-refractivity contribution in [1.29, 1.82) is 0 Å². The summed E-state index contributed by atoms with van der Waals surface area (Å²) in [6.45, 7) is 12.0. The number of hydrogen-bond donors (Lipinski definition) is 3. The first-order chi connectivity index (χ1) is 29.9. The lowest BCUT2D eigenvalue weighted by Gasteiger charge is -2.46. The van der Waals surface area contributed by atoms with Crippen LogP contribution in [0.5, 0.6) is 11.6 Å². The average Bonchev–Trinajstić information content (AvgIpc) is 4.07. The summed E-state index contributed by atoms with van der Waals surface area (Å²) in [6, 6.07) is 18.2. The number of carbonyl (C=O) groups excluding carboxylic acids is 2. The molecule has 2 amide bonds. The number of thiophene rings is 1. The maximum atomic E-state index is 14.3. The summed E-state index contributed by atoms with van der Waals surface area (Å²) < 4.78 is 12.3. The average molecular weight is 876 g/mol. The van der Waals surface area contributed by atoms with Gasteiger partial charge in [0, 0.05) is 40.9 Å². The van der Waals surface area contributed by atoms with E-state index in [0.29, 0.717) is 28.8 Å². The molecule has 15 heteroatoms. The Morgan fingerprint density at radius 3 is 2.45 bits per heavy atom. The number of aliphatic hydroxyl groups is 1. The zero-order chi connectivity index (χ0) is 43.2. The molecule has 62 heavy (non-hydrogen) atoms. The fraction of sp³-hybridized carbons (Fsp3) is 0.447. The van der Waals surface area contributed by atoms with Crippen LogP contribution in [0.25, 0.3) is 31.9 Å². The van der Waals surface area contributed by atoms with Crippen LogP contribution in [0.2, 0.25) is 0 Å². The number of rotatable bonds is 12. The Hall–Kier alpha value is -5.22. The van der Waals surface area contributed by atoms with Gasteiger partial charge in [0.25, 0.3) is 5.88 Å². The Balaban J connectivity index is 0.808. The number of phenolic OH excluding ortho intramolecular Hbond substituents is 1. The number of β-amino-alcohol motifs (C(OH)–C–C–N with tert-alkyl or cyclic N) is 1. The minimum Gasteiger partial charge on any atom is -0.507 e. The number of aromatic nitrogens is 4. The second-order valence-corrected chi connectivity index (χ2v) is 19.4. The van der Waals surface area contributed by atoms with Crippen molar-refractivity contribution in [2.45, 2.75) is 109 Å². The highest BCUT2D eigenvalue weighted by Crippen LogP contribution is 2.43. The third-order valence-corrected chi connectivity index (χ3v) is 15.5. The summed E-state index contributed by atoms with van der Waals surface area (Å²) in [7, 11) is 0. The Kier molecular flexibility index (Phi) is 11.9. The fourth-order valence-electron chi connectivity index (χ4n) is 9.49. The van der Waals surface area contributed by atoms with Crippen molar-refractivity contribution in [3.63, 3.8) is 0 Å². The normalized spacial score (nSPS) is 21.9. The number of benzene rings is 2. The van der Waals surface area contributed by atoms with Gasteiger partial charge in [0.15, 0.2) is 5.76 Å². The maximum Gasteiger partial charge on any atom is 0.254 e. The molecular formula is C47H53N7O6S2. The molecule has 1 aliphatic carbocycles. The zero-order valence-corrected chi connectivity index (χ0v) is 37.3. The van der Waals surface area contributed by atoms with Gasteiger partial charge in [-0.2, -0.15) is 0 Å². The fourth-order valence-corrected chi connectivity index (χ4v) is 11.6. The van der Waals surface area contributed by atoms with E-state index < -0.39 is 18.1 Å². The third-order valence-electron chi connectivity index (χ3n) is 13.1. The minimum absolute atomic E-state index is 0.0383. The van der Waals surface area contributed by atoms with Crippen molar-refractivity contribution in [2.24, 2.45) is 5.92 Å². The van der Waals surface area contributed by atoms with Gasteiger partial charge in [0.1, 0.15) is 28.6 Å². The Labute approximate surface area is 369 Å². The number of aliphatic hydroxyl groups excluding tert-OH is 1. The summed E-state index contributed by atoms with van der Waals surface area (Å²) in [5.41, 5.74) is 7.43. The highest BCUT2D eigenvalue weighted by Gasteiger charge is 2.44. The summed E-state index contributed by atoms with van der Waals surface area (Å²) >= 11 is 3.33. The predicted molar refractivity (Wildman–Crippen MR) is 239 cm³/mol. The van der Waals surface area contributed by atoms with E-state index in [2.05, 4.69) is 37.5 Å². The van der Waals surface area contributed by atoms with Crippen molar-refractivity contribution in [3.8, 4) is 33.3 Å². The van der Waals surface area contributed by atoms with Gasteiger partial charge in [-0.25, -0.2) is 4.98 Å².